The van der Waals surface area contributed by atoms with Crippen LogP contribution in [0.3, 0.4) is 0 Å². The smallest absolute Gasteiger partial charge is 0.0627 e. The summed E-state index contributed by atoms with van der Waals surface area (Å²) in [7, 11) is 0. The second kappa shape index (κ2) is 4.19. The van der Waals surface area contributed by atoms with E-state index in [2.05, 4.69) is 25.3 Å². The fourth-order valence-corrected chi connectivity index (χ4v) is 3.18. The molecule has 0 aliphatic heterocycles. The van der Waals surface area contributed by atoms with E-state index in [0.29, 0.717) is 6.42 Å². The molecule has 0 nitrogen and oxygen atoms in total. The lowest BCUT2D eigenvalue weighted by Crippen LogP contribution is -2.44. The van der Waals surface area contributed by atoms with Crippen molar-refractivity contribution in [2.24, 2.45) is 0 Å². The lowest BCUT2D eigenvalue weighted by molar-refractivity contribution is 0.552. The van der Waals surface area contributed by atoms with Gasteiger partial charge in [-0.15, -0.1) is 34.8 Å². The molecule has 11 heavy (non-hydrogen) atoms. The van der Waals surface area contributed by atoms with Crippen LogP contribution in [0.25, 0.3) is 0 Å². The molecule has 0 amide bonds. The van der Waals surface area contributed by atoms with Gasteiger partial charge in [-0.1, -0.05) is 0 Å². The van der Waals surface area contributed by atoms with Gasteiger partial charge in [0.05, 0.1) is 10.8 Å². The van der Waals surface area contributed by atoms with Crippen molar-refractivity contribution in [2.45, 2.75) is 33.1 Å². The first-order chi connectivity index (χ1) is 5.04. The molecule has 0 radical (unpaired) electrons. The normalized spacial score (nSPS) is 52.6. The summed E-state index contributed by atoms with van der Waals surface area (Å²) in [5.74, 6) is 0. The zero-order valence-corrected chi connectivity index (χ0v) is 9.68. The summed E-state index contributed by atoms with van der Waals surface area (Å²) in [6.07, 6.45) is 0.711. The zero-order valence-electron chi connectivity index (χ0n) is 5.62. The van der Waals surface area contributed by atoms with Crippen molar-refractivity contribution in [1.29, 1.82) is 0 Å². The molecular weight excluding hydrogens is 243 g/mol. The van der Waals surface area contributed by atoms with Crippen molar-refractivity contribution in [3.8, 4) is 0 Å². The van der Waals surface area contributed by atoms with Gasteiger partial charge in [0, 0.05) is 15.9 Å². The first-order valence-electron chi connectivity index (χ1n) is 3.32. The SMILES string of the molecule is SC1C(Cl)CC(Cl)C(Cl)C1S. The van der Waals surface area contributed by atoms with Crippen LogP contribution in [0.1, 0.15) is 6.42 Å². The maximum Gasteiger partial charge on any atom is 0.0627 e. The predicted octanol–water partition coefficient (Wildman–Crippen LogP) is 2.81. The van der Waals surface area contributed by atoms with Crippen LogP contribution in [0.15, 0.2) is 0 Å². The van der Waals surface area contributed by atoms with Crippen LogP contribution in [0.4, 0.5) is 0 Å². The average Bonchev–Trinajstić information content (AvgIpc) is 1.97. The van der Waals surface area contributed by atoms with Gasteiger partial charge in [0.15, 0.2) is 0 Å². The van der Waals surface area contributed by atoms with Crippen LogP contribution in [0, 0.1) is 0 Å². The second-order valence-electron chi connectivity index (χ2n) is 2.69. The van der Waals surface area contributed by atoms with Crippen molar-refractivity contribution < 1.29 is 0 Å². The standard InChI is InChI=1S/C6H9Cl3S2/c7-2-1-3(8)5(10)6(11)4(2)9/h2-6,10-11H,1H2. The van der Waals surface area contributed by atoms with Crippen LogP contribution in [0.2, 0.25) is 0 Å². The fourth-order valence-electron chi connectivity index (χ4n) is 1.10. The summed E-state index contributed by atoms with van der Waals surface area (Å²) in [5, 5.41) is -0.197. The van der Waals surface area contributed by atoms with Gasteiger partial charge >= 0.3 is 0 Å². The van der Waals surface area contributed by atoms with Gasteiger partial charge in [-0.25, -0.2) is 0 Å². The minimum Gasteiger partial charge on any atom is -0.173 e. The Balaban J connectivity index is 2.63. The molecule has 1 aliphatic rings. The zero-order chi connectivity index (χ0) is 8.59. The maximum absolute atomic E-state index is 5.96. The van der Waals surface area contributed by atoms with Crippen molar-refractivity contribution in [3.05, 3.63) is 0 Å². The number of halogens is 3. The van der Waals surface area contributed by atoms with Gasteiger partial charge in [0.25, 0.3) is 0 Å². The highest BCUT2D eigenvalue weighted by molar-refractivity contribution is 7.85. The molecule has 5 unspecified atom stereocenters. The van der Waals surface area contributed by atoms with Crippen LogP contribution in [-0.4, -0.2) is 26.6 Å². The molecule has 0 heterocycles. The molecular formula is C6H9Cl3S2. The van der Waals surface area contributed by atoms with E-state index in [1.165, 1.54) is 0 Å². The van der Waals surface area contributed by atoms with E-state index in [1.807, 2.05) is 0 Å². The Hall–Kier alpha value is 1.57. The predicted molar refractivity (Wildman–Crippen MR) is 59.1 cm³/mol. The summed E-state index contributed by atoms with van der Waals surface area (Å²) in [6.45, 7) is 0. The number of rotatable bonds is 0. The lowest BCUT2D eigenvalue weighted by atomic mass is 9.98. The maximum atomic E-state index is 5.96. The third-order valence-corrected chi connectivity index (χ3v) is 5.36. The fraction of sp³-hybridized carbons (Fsp3) is 1.00. The van der Waals surface area contributed by atoms with Crippen molar-refractivity contribution in [2.75, 3.05) is 0 Å². The molecule has 1 saturated carbocycles. The molecule has 5 heteroatoms. The molecule has 66 valence electrons. The molecule has 0 aromatic carbocycles. The van der Waals surface area contributed by atoms with Crippen molar-refractivity contribution in [3.63, 3.8) is 0 Å². The molecule has 0 spiro atoms. The Kier molecular flexibility index (Phi) is 4.05. The summed E-state index contributed by atoms with van der Waals surface area (Å²) < 4.78 is 0. The average molecular weight is 252 g/mol. The minimum atomic E-state index is -0.127. The molecule has 1 aliphatic carbocycles. The molecule has 0 aromatic rings. The summed E-state index contributed by atoms with van der Waals surface area (Å²) in [4.78, 5) is 0. The van der Waals surface area contributed by atoms with Crippen LogP contribution >= 0.6 is 60.1 Å². The Morgan fingerprint density at radius 1 is 0.909 bits per heavy atom. The molecule has 5 atom stereocenters. The van der Waals surface area contributed by atoms with E-state index in [0.717, 1.165) is 0 Å². The van der Waals surface area contributed by atoms with Gasteiger partial charge in [-0.2, -0.15) is 25.3 Å². The summed E-state index contributed by atoms with van der Waals surface area (Å²) >= 11 is 26.4. The number of hydrogen-bond acceptors (Lipinski definition) is 2. The summed E-state index contributed by atoms with van der Waals surface area (Å²) in [6, 6.07) is 0. The first kappa shape index (κ1) is 10.6. The Labute approximate surface area is 92.8 Å². The molecule has 0 N–H and O–H groups in total. The van der Waals surface area contributed by atoms with Crippen molar-refractivity contribution in [1.82, 2.24) is 0 Å². The van der Waals surface area contributed by atoms with E-state index >= 15 is 0 Å². The van der Waals surface area contributed by atoms with E-state index in [-0.39, 0.29) is 26.6 Å². The Bertz CT molecular complexity index is 130. The Morgan fingerprint density at radius 2 is 1.45 bits per heavy atom. The Morgan fingerprint density at radius 3 is 2.00 bits per heavy atom. The number of hydrogen-bond donors (Lipinski definition) is 2. The van der Waals surface area contributed by atoms with E-state index in [4.69, 9.17) is 34.8 Å². The lowest BCUT2D eigenvalue weighted by Gasteiger charge is -2.35. The molecule has 0 saturated heterocycles. The van der Waals surface area contributed by atoms with Gasteiger partial charge in [0.2, 0.25) is 0 Å². The quantitative estimate of drug-likeness (QED) is 0.480. The van der Waals surface area contributed by atoms with E-state index in [9.17, 15) is 0 Å². The third kappa shape index (κ3) is 2.28. The molecule has 0 bridgehead atoms. The largest absolute Gasteiger partial charge is 0.173 e. The van der Waals surface area contributed by atoms with Crippen LogP contribution in [0.5, 0.6) is 0 Å². The van der Waals surface area contributed by atoms with E-state index < -0.39 is 0 Å². The van der Waals surface area contributed by atoms with Gasteiger partial charge in [0.1, 0.15) is 0 Å². The molecule has 1 rings (SSSR count). The highest BCUT2D eigenvalue weighted by atomic mass is 35.5. The summed E-state index contributed by atoms with van der Waals surface area (Å²) in [5.41, 5.74) is 0. The van der Waals surface area contributed by atoms with Gasteiger partial charge in [-0.05, 0) is 6.42 Å². The highest BCUT2D eigenvalue weighted by Gasteiger charge is 2.39. The monoisotopic (exact) mass is 250 g/mol. The molecule has 1 fully saturated rings. The van der Waals surface area contributed by atoms with Crippen molar-refractivity contribution >= 4 is 60.1 Å². The van der Waals surface area contributed by atoms with Crippen LogP contribution < -0.4 is 0 Å². The number of thiol groups is 2. The van der Waals surface area contributed by atoms with Gasteiger partial charge in [-0.3, -0.25) is 0 Å². The first-order valence-corrected chi connectivity index (χ1v) is 5.66. The number of alkyl halides is 3. The highest BCUT2D eigenvalue weighted by Crippen LogP contribution is 2.36. The second-order valence-corrected chi connectivity index (χ2v) is 5.51. The minimum absolute atomic E-state index is 0.0150. The third-order valence-electron chi connectivity index (χ3n) is 1.84. The van der Waals surface area contributed by atoms with Gasteiger partial charge < -0.3 is 0 Å². The molecule has 0 aromatic heterocycles. The topological polar surface area (TPSA) is 0 Å². The van der Waals surface area contributed by atoms with E-state index in [1.54, 1.807) is 0 Å². The van der Waals surface area contributed by atoms with Crippen LogP contribution in [-0.2, 0) is 0 Å².